The summed E-state index contributed by atoms with van der Waals surface area (Å²) in [6.45, 7) is 5.57. The summed E-state index contributed by atoms with van der Waals surface area (Å²) in [5, 5.41) is 3.29. The summed E-state index contributed by atoms with van der Waals surface area (Å²) in [7, 11) is 0. The average Bonchev–Trinajstić information content (AvgIpc) is 2.78. The van der Waals surface area contributed by atoms with Crippen molar-refractivity contribution in [2.24, 2.45) is 0 Å². The van der Waals surface area contributed by atoms with Gasteiger partial charge in [0.2, 0.25) is 5.95 Å². The van der Waals surface area contributed by atoms with Gasteiger partial charge in [-0.2, -0.15) is 0 Å². The molecule has 2 aromatic rings. The van der Waals surface area contributed by atoms with Gasteiger partial charge in [0.15, 0.2) is 0 Å². The number of nitrogens with zero attached hydrogens (tertiary/aromatic N) is 2. The van der Waals surface area contributed by atoms with E-state index < -0.39 is 0 Å². The molecule has 1 N–H and O–H groups in total. The molecule has 0 aliphatic carbocycles. The third kappa shape index (κ3) is 3.60. The lowest BCUT2D eigenvalue weighted by Crippen LogP contribution is -2.11. The molecule has 96 valence electrons. The minimum Gasteiger partial charge on any atom is -0.377 e. The highest BCUT2D eigenvalue weighted by molar-refractivity contribution is 5.52. The summed E-state index contributed by atoms with van der Waals surface area (Å²) < 4.78 is 7.59. The van der Waals surface area contributed by atoms with Gasteiger partial charge in [-0.3, -0.25) is 0 Å². The number of hydrogen-bond acceptors (Lipinski definition) is 3. The Kier molecular flexibility index (Phi) is 4.36. The van der Waals surface area contributed by atoms with E-state index in [1.54, 1.807) is 6.20 Å². The van der Waals surface area contributed by atoms with Crippen LogP contribution in [0.5, 0.6) is 0 Å². The second-order valence-electron chi connectivity index (χ2n) is 4.35. The van der Waals surface area contributed by atoms with Gasteiger partial charge in [0, 0.05) is 24.6 Å². The van der Waals surface area contributed by atoms with E-state index in [9.17, 15) is 0 Å². The number of benzene rings is 1. The summed E-state index contributed by atoms with van der Waals surface area (Å²) in [5.41, 5.74) is 1.04. The number of aromatic nitrogens is 2. The van der Waals surface area contributed by atoms with E-state index in [-0.39, 0.29) is 6.10 Å². The van der Waals surface area contributed by atoms with Gasteiger partial charge in [-0.1, -0.05) is 18.2 Å². The summed E-state index contributed by atoms with van der Waals surface area (Å²) >= 11 is 0. The standard InChI is InChI=1S/C14H19N3O/c1-12(2)18-11-10-17-9-8-15-14(17)16-13-6-4-3-5-7-13/h3-9,12H,10-11H2,1-2H3,(H,15,16). The van der Waals surface area contributed by atoms with Gasteiger partial charge >= 0.3 is 0 Å². The van der Waals surface area contributed by atoms with Crippen LogP contribution in [0, 0.1) is 0 Å². The minimum absolute atomic E-state index is 0.263. The lowest BCUT2D eigenvalue weighted by atomic mass is 10.3. The van der Waals surface area contributed by atoms with Crippen molar-refractivity contribution in [2.75, 3.05) is 11.9 Å². The van der Waals surface area contributed by atoms with Gasteiger partial charge < -0.3 is 14.6 Å². The topological polar surface area (TPSA) is 39.1 Å². The number of ether oxygens (including phenoxy) is 1. The van der Waals surface area contributed by atoms with Crippen LogP contribution in [0.2, 0.25) is 0 Å². The molecule has 1 heterocycles. The molecule has 0 aliphatic rings. The highest BCUT2D eigenvalue weighted by Crippen LogP contribution is 2.13. The van der Waals surface area contributed by atoms with Crippen molar-refractivity contribution in [2.45, 2.75) is 26.5 Å². The van der Waals surface area contributed by atoms with E-state index in [0.29, 0.717) is 6.61 Å². The SMILES string of the molecule is CC(C)OCCn1ccnc1Nc1ccccc1. The van der Waals surface area contributed by atoms with Gasteiger partial charge in [-0.15, -0.1) is 0 Å². The van der Waals surface area contributed by atoms with Crippen LogP contribution in [0.3, 0.4) is 0 Å². The molecular formula is C14H19N3O. The highest BCUT2D eigenvalue weighted by atomic mass is 16.5. The van der Waals surface area contributed by atoms with E-state index in [1.165, 1.54) is 0 Å². The molecule has 0 aliphatic heterocycles. The summed E-state index contributed by atoms with van der Waals surface area (Å²) in [4.78, 5) is 4.31. The molecule has 4 heteroatoms. The van der Waals surface area contributed by atoms with Gasteiger partial charge in [0.25, 0.3) is 0 Å². The Labute approximate surface area is 108 Å². The molecule has 0 saturated carbocycles. The Hall–Kier alpha value is -1.81. The molecule has 18 heavy (non-hydrogen) atoms. The van der Waals surface area contributed by atoms with E-state index in [2.05, 4.69) is 14.9 Å². The number of rotatable bonds is 6. The van der Waals surface area contributed by atoms with Crippen LogP contribution in [-0.4, -0.2) is 22.3 Å². The normalized spacial score (nSPS) is 10.8. The molecule has 0 fully saturated rings. The van der Waals surface area contributed by atoms with Crippen LogP contribution in [0.1, 0.15) is 13.8 Å². The Bertz CT molecular complexity index is 465. The molecule has 0 saturated heterocycles. The van der Waals surface area contributed by atoms with Crippen molar-refractivity contribution in [1.82, 2.24) is 9.55 Å². The van der Waals surface area contributed by atoms with Crippen LogP contribution in [0.4, 0.5) is 11.6 Å². The first kappa shape index (κ1) is 12.6. The van der Waals surface area contributed by atoms with Crippen molar-refractivity contribution in [3.63, 3.8) is 0 Å². The largest absolute Gasteiger partial charge is 0.377 e. The van der Waals surface area contributed by atoms with E-state index >= 15 is 0 Å². The number of hydrogen-bond donors (Lipinski definition) is 1. The van der Waals surface area contributed by atoms with E-state index in [0.717, 1.165) is 18.2 Å². The van der Waals surface area contributed by atoms with Crippen LogP contribution < -0.4 is 5.32 Å². The van der Waals surface area contributed by atoms with Crippen LogP contribution in [0.15, 0.2) is 42.7 Å². The van der Waals surface area contributed by atoms with Gasteiger partial charge in [-0.25, -0.2) is 4.98 Å². The lowest BCUT2D eigenvalue weighted by molar-refractivity contribution is 0.0730. The Morgan fingerprint density at radius 3 is 2.78 bits per heavy atom. The molecule has 1 aromatic heterocycles. The zero-order chi connectivity index (χ0) is 12.8. The lowest BCUT2D eigenvalue weighted by Gasteiger charge is -2.11. The fraction of sp³-hybridized carbons (Fsp3) is 0.357. The predicted octanol–water partition coefficient (Wildman–Crippen LogP) is 3.05. The minimum atomic E-state index is 0.263. The van der Waals surface area contributed by atoms with Crippen molar-refractivity contribution < 1.29 is 4.74 Å². The predicted molar refractivity (Wildman–Crippen MR) is 73.0 cm³/mol. The number of imidazole rings is 1. The number of para-hydroxylation sites is 1. The van der Waals surface area contributed by atoms with E-state index in [4.69, 9.17) is 4.74 Å². The maximum absolute atomic E-state index is 5.54. The Morgan fingerprint density at radius 2 is 2.06 bits per heavy atom. The number of anilines is 2. The second-order valence-corrected chi connectivity index (χ2v) is 4.35. The first-order valence-electron chi connectivity index (χ1n) is 6.20. The van der Waals surface area contributed by atoms with Crippen LogP contribution in [0.25, 0.3) is 0 Å². The quantitative estimate of drug-likeness (QED) is 0.850. The van der Waals surface area contributed by atoms with Crippen molar-refractivity contribution >= 4 is 11.6 Å². The fourth-order valence-corrected chi connectivity index (χ4v) is 1.65. The Balaban J connectivity index is 1.95. The first-order valence-corrected chi connectivity index (χ1v) is 6.20. The summed E-state index contributed by atoms with van der Waals surface area (Å²) in [5.74, 6) is 0.841. The zero-order valence-electron chi connectivity index (χ0n) is 10.8. The third-order valence-corrected chi connectivity index (χ3v) is 2.53. The van der Waals surface area contributed by atoms with Crippen LogP contribution in [-0.2, 0) is 11.3 Å². The first-order chi connectivity index (χ1) is 8.75. The molecule has 0 unspecified atom stereocenters. The van der Waals surface area contributed by atoms with Gasteiger partial charge in [-0.05, 0) is 26.0 Å². The smallest absolute Gasteiger partial charge is 0.207 e. The molecule has 0 spiro atoms. The van der Waals surface area contributed by atoms with Crippen molar-refractivity contribution in [3.05, 3.63) is 42.7 Å². The number of nitrogens with one attached hydrogen (secondary N) is 1. The highest BCUT2D eigenvalue weighted by Gasteiger charge is 2.03. The molecular weight excluding hydrogens is 226 g/mol. The maximum atomic E-state index is 5.54. The monoisotopic (exact) mass is 245 g/mol. The van der Waals surface area contributed by atoms with Crippen molar-refractivity contribution in [3.8, 4) is 0 Å². The van der Waals surface area contributed by atoms with E-state index in [1.807, 2.05) is 50.4 Å². The summed E-state index contributed by atoms with van der Waals surface area (Å²) in [6.07, 6.45) is 4.01. The molecule has 4 nitrogen and oxygen atoms in total. The molecule has 0 amide bonds. The summed E-state index contributed by atoms with van der Waals surface area (Å²) in [6, 6.07) is 10.0. The molecule has 0 atom stereocenters. The Morgan fingerprint density at radius 1 is 1.28 bits per heavy atom. The third-order valence-electron chi connectivity index (χ3n) is 2.53. The average molecular weight is 245 g/mol. The van der Waals surface area contributed by atoms with Gasteiger partial charge in [0.05, 0.1) is 12.7 Å². The molecule has 0 bridgehead atoms. The second kappa shape index (κ2) is 6.21. The molecule has 2 rings (SSSR count). The fourth-order valence-electron chi connectivity index (χ4n) is 1.65. The zero-order valence-corrected chi connectivity index (χ0v) is 10.8. The molecule has 1 aromatic carbocycles. The van der Waals surface area contributed by atoms with Gasteiger partial charge in [0.1, 0.15) is 0 Å². The maximum Gasteiger partial charge on any atom is 0.207 e. The molecule has 0 radical (unpaired) electrons. The van der Waals surface area contributed by atoms with Crippen LogP contribution >= 0.6 is 0 Å². The van der Waals surface area contributed by atoms with Crippen molar-refractivity contribution in [1.29, 1.82) is 0 Å².